The zero-order chi connectivity index (χ0) is 15.4. The summed E-state index contributed by atoms with van der Waals surface area (Å²) >= 11 is 5.86. The average molecular weight is 312 g/mol. The SMILES string of the molecule is CNCc1cc(F)c(Cl)cc1OC1=CC=CC(OC)C1C. The van der Waals surface area contributed by atoms with Crippen molar-refractivity contribution in [3.05, 3.63) is 52.5 Å². The van der Waals surface area contributed by atoms with Crippen LogP contribution in [-0.4, -0.2) is 20.3 Å². The van der Waals surface area contributed by atoms with Crippen LogP contribution in [0.4, 0.5) is 4.39 Å². The highest BCUT2D eigenvalue weighted by atomic mass is 35.5. The summed E-state index contributed by atoms with van der Waals surface area (Å²) in [6.07, 6.45) is 5.73. The summed E-state index contributed by atoms with van der Waals surface area (Å²) in [6, 6.07) is 2.91. The van der Waals surface area contributed by atoms with Crippen LogP contribution in [0.5, 0.6) is 5.75 Å². The van der Waals surface area contributed by atoms with Crippen molar-refractivity contribution in [3.63, 3.8) is 0 Å². The highest BCUT2D eigenvalue weighted by Gasteiger charge is 2.23. The van der Waals surface area contributed by atoms with Crippen LogP contribution >= 0.6 is 11.6 Å². The van der Waals surface area contributed by atoms with Crippen LogP contribution in [0.25, 0.3) is 0 Å². The average Bonchev–Trinajstić information content (AvgIpc) is 2.46. The highest BCUT2D eigenvalue weighted by molar-refractivity contribution is 6.30. The molecule has 2 atom stereocenters. The predicted molar refractivity (Wildman–Crippen MR) is 82.0 cm³/mol. The molecule has 0 aromatic heterocycles. The lowest BCUT2D eigenvalue weighted by molar-refractivity contribution is 0.0927. The molecule has 1 aliphatic carbocycles. The third-order valence-electron chi connectivity index (χ3n) is 3.47. The maximum absolute atomic E-state index is 13.6. The summed E-state index contributed by atoms with van der Waals surface area (Å²) in [7, 11) is 3.46. The Morgan fingerprint density at radius 1 is 1.38 bits per heavy atom. The summed E-state index contributed by atoms with van der Waals surface area (Å²) in [4.78, 5) is 0. The molecule has 0 saturated carbocycles. The molecule has 1 N–H and O–H groups in total. The van der Waals surface area contributed by atoms with Gasteiger partial charge in [0.05, 0.1) is 11.1 Å². The largest absolute Gasteiger partial charge is 0.461 e. The van der Waals surface area contributed by atoms with Gasteiger partial charge in [-0.15, -0.1) is 0 Å². The molecule has 0 heterocycles. The van der Waals surface area contributed by atoms with Crippen molar-refractivity contribution in [1.29, 1.82) is 0 Å². The molecular formula is C16H19ClFNO2. The van der Waals surface area contributed by atoms with E-state index < -0.39 is 5.82 Å². The number of hydrogen-bond acceptors (Lipinski definition) is 3. The monoisotopic (exact) mass is 311 g/mol. The van der Waals surface area contributed by atoms with Gasteiger partial charge in [-0.25, -0.2) is 4.39 Å². The topological polar surface area (TPSA) is 30.5 Å². The van der Waals surface area contributed by atoms with Crippen LogP contribution in [0.2, 0.25) is 5.02 Å². The number of nitrogens with one attached hydrogen (secondary N) is 1. The Morgan fingerprint density at radius 3 is 2.81 bits per heavy atom. The highest BCUT2D eigenvalue weighted by Crippen LogP contribution is 2.31. The summed E-state index contributed by atoms with van der Waals surface area (Å²) in [5.74, 6) is 0.948. The molecule has 2 rings (SSSR count). The van der Waals surface area contributed by atoms with Gasteiger partial charge in [-0.3, -0.25) is 0 Å². The Hall–Kier alpha value is -1.36. The molecule has 21 heavy (non-hydrogen) atoms. The second-order valence-electron chi connectivity index (χ2n) is 4.95. The van der Waals surface area contributed by atoms with Gasteiger partial charge in [-0.05, 0) is 19.2 Å². The van der Waals surface area contributed by atoms with Gasteiger partial charge in [0, 0.05) is 31.2 Å². The lowest BCUT2D eigenvalue weighted by Gasteiger charge is -2.26. The first-order valence-electron chi connectivity index (χ1n) is 6.78. The van der Waals surface area contributed by atoms with Gasteiger partial charge >= 0.3 is 0 Å². The van der Waals surface area contributed by atoms with Crippen molar-refractivity contribution in [2.45, 2.75) is 19.6 Å². The van der Waals surface area contributed by atoms with Crippen molar-refractivity contribution in [3.8, 4) is 5.75 Å². The third kappa shape index (κ3) is 3.64. The summed E-state index contributed by atoms with van der Waals surface area (Å²) in [5.41, 5.74) is 0.719. The second kappa shape index (κ2) is 7.07. The first-order chi connectivity index (χ1) is 10.1. The molecule has 5 heteroatoms. The fraction of sp³-hybridized carbons (Fsp3) is 0.375. The number of allylic oxidation sites excluding steroid dienone is 2. The number of hydrogen-bond donors (Lipinski definition) is 1. The molecule has 0 saturated heterocycles. The first kappa shape index (κ1) is 16.0. The molecule has 1 aromatic carbocycles. The van der Waals surface area contributed by atoms with E-state index in [1.165, 1.54) is 12.1 Å². The maximum Gasteiger partial charge on any atom is 0.142 e. The third-order valence-corrected chi connectivity index (χ3v) is 3.76. The van der Waals surface area contributed by atoms with Crippen LogP contribution in [0.15, 0.2) is 36.1 Å². The molecule has 1 aromatic rings. The Labute approximate surface area is 129 Å². The zero-order valence-corrected chi connectivity index (χ0v) is 13.1. The van der Waals surface area contributed by atoms with Gasteiger partial charge < -0.3 is 14.8 Å². The van der Waals surface area contributed by atoms with Crippen molar-refractivity contribution in [2.75, 3.05) is 14.2 Å². The van der Waals surface area contributed by atoms with E-state index in [0.29, 0.717) is 12.3 Å². The van der Waals surface area contributed by atoms with Crippen LogP contribution < -0.4 is 10.1 Å². The minimum absolute atomic E-state index is 0.0336. The van der Waals surface area contributed by atoms with E-state index in [1.807, 2.05) is 25.2 Å². The van der Waals surface area contributed by atoms with Crippen molar-refractivity contribution in [2.24, 2.45) is 5.92 Å². The number of methoxy groups -OCH3 is 1. The quantitative estimate of drug-likeness (QED) is 0.900. The Balaban J connectivity index is 2.28. The number of benzene rings is 1. The van der Waals surface area contributed by atoms with E-state index >= 15 is 0 Å². The van der Waals surface area contributed by atoms with E-state index in [4.69, 9.17) is 21.1 Å². The molecule has 0 amide bonds. The van der Waals surface area contributed by atoms with Crippen LogP contribution in [0, 0.1) is 11.7 Å². The molecule has 2 unspecified atom stereocenters. The Bertz CT molecular complexity index is 572. The van der Waals surface area contributed by atoms with Gasteiger partial charge in [-0.2, -0.15) is 0 Å². The molecule has 1 aliphatic rings. The fourth-order valence-electron chi connectivity index (χ4n) is 2.27. The minimum Gasteiger partial charge on any atom is -0.461 e. The van der Waals surface area contributed by atoms with Gasteiger partial charge in [0.1, 0.15) is 17.3 Å². The molecule has 0 bridgehead atoms. The standard InChI is InChI=1S/C16H19ClFNO2/c1-10-14(20-3)5-4-6-15(10)21-16-8-12(17)13(18)7-11(16)9-19-2/h4-8,10,14,19H,9H2,1-3H3. The van der Waals surface area contributed by atoms with Gasteiger partial charge in [0.15, 0.2) is 0 Å². The van der Waals surface area contributed by atoms with E-state index in [0.717, 1.165) is 11.3 Å². The van der Waals surface area contributed by atoms with Gasteiger partial charge in [-0.1, -0.05) is 30.7 Å². The predicted octanol–water partition coefficient (Wildman–Crippen LogP) is 3.68. The van der Waals surface area contributed by atoms with E-state index in [9.17, 15) is 4.39 Å². The number of ether oxygens (including phenoxy) is 2. The molecule has 3 nitrogen and oxygen atoms in total. The smallest absolute Gasteiger partial charge is 0.142 e. The Kier molecular flexibility index (Phi) is 5.39. The van der Waals surface area contributed by atoms with Gasteiger partial charge in [0.2, 0.25) is 0 Å². The molecule has 0 aliphatic heterocycles. The first-order valence-corrected chi connectivity index (χ1v) is 7.16. The molecular weight excluding hydrogens is 293 g/mol. The lowest BCUT2D eigenvalue weighted by Crippen LogP contribution is -2.24. The summed E-state index contributed by atoms with van der Waals surface area (Å²) < 4.78 is 24.9. The maximum atomic E-state index is 13.6. The fourth-order valence-corrected chi connectivity index (χ4v) is 2.42. The number of halogens is 2. The summed E-state index contributed by atoms with van der Waals surface area (Å²) in [6.45, 7) is 2.51. The normalized spacial score (nSPS) is 21.3. The Morgan fingerprint density at radius 2 is 2.14 bits per heavy atom. The minimum atomic E-state index is -0.449. The van der Waals surface area contributed by atoms with Crippen molar-refractivity contribution >= 4 is 11.6 Å². The lowest BCUT2D eigenvalue weighted by atomic mass is 9.97. The van der Waals surface area contributed by atoms with E-state index in [2.05, 4.69) is 5.32 Å². The molecule has 0 fully saturated rings. The zero-order valence-electron chi connectivity index (χ0n) is 12.3. The van der Waals surface area contributed by atoms with Gasteiger partial charge in [0.25, 0.3) is 0 Å². The molecule has 0 spiro atoms. The van der Waals surface area contributed by atoms with Crippen LogP contribution in [0.3, 0.4) is 0 Å². The summed E-state index contributed by atoms with van der Waals surface area (Å²) in [5, 5.41) is 3.04. The molecule has 0 radical (unpaired) electrons. The van der Waals surface area contributed by atoms with Crippen molar-refractivity contribution in [1.82, 2.24) is 5.32 Å². The van der Waals surface area contributed by atoms with E-state index in [1.54, 1.807) is 14.2 Å². The van der Waals surface area contributed by atoms with Crippen LogP contribution in [0.1, 0.15) is 12.5 Å². The number of rotatable bonds is 5. The second-order valence-corrected chi connectivity index (χ2v) is 5.36. The van der Waals surface area contributed by atoms with E-state index in [-0.39, 0.29) is 17.0 Å². The van der Waals surface area contributed by atoms with Crippen molar-refractivity contribution < 1.29 is 13.9 Å². The molecule has 114 valence electrons. The van der Waals surface area contributed by atoms with Crippen LogP contribution in [-0.2, 0) is 11.3 Å².